The van der Waals surface area contributed by atoms with Crippen molar-refractivity contribution in [1.82, 2.24) is 0 Å². The quantitative estimate of drug-likeness (QED) is 0.635. The zero-order valence-electron chi connectivity index (χ0n) is 10.4. The molecule has 2 aromatic carbocycles. The van der Waals surface area contributed by atoms with Crippen molar-refractivity contribution in [2.24, 2.45) is 5.92 Å². The Hall–Kier alpha value is 0.293. The molecule has 2 rings (SSSR count). The molecule has 0 fully saturated rings. The van der Waals surface area contributed by atoms with E-state index in [-0.39, 0.29) is 0 Å². The van der Waals surface area contributed by atoms with Crippen molar-refractivity contribution in [1.29, 1.82) is 0 Å². The Bertz CT molecular complexity index is 460. The minimum absolute atomic E-state index is 0.739. The molecular weight excluding hydrogens is 330 g/mol. The SMILES string of the molecule is Cc1cc2cc(CC(C)C)ccc2[cH-]1.[Cl][Zr][Cl]. The Morgan fingerprint density at radius 2 is 1.88 bits per heavy atom. The molecule has 0 spiro atoms. The van der Waals surface area contributed by atoms with Gasteiger partial charge in [-0.25, -0.2) is 0 Å². The molecule has 0 saturated carbocycles. The van der Waals surface area contributed by atoms with Crippen LogP contribution < -0.4 is 0 Å². The summed E-state index contributed by atoms with van der Waals surface area (Å²) >= 11 is -0.826. The van der Waals surface area contributed by atoms with Crippen molar-refractivity contribution in [2.45, 2.75) is 27.2 Å². The number of halogens is 2. The second-order valence-electron chi connectivity index (χ2n) is 4.67. The van der Waals surface area contributed by atoms with Gasteiger partial charge in [-0.2, -0.15) is 6.07 Å². The molecule has 0 aliphatic rings. The monoisotopic (exact) mass is 345 g/mol. The molecule has 3 heteroatoms. The van der Waals surface area contributed by atoms with Gasteiger partial charge in [-0.1, -0.05) is 26.3 Å². The molecule has 0 unspecified atom stereocenters. The van der Waals surface area contributed by atoms with E-state index in [2.05, 4.69) is 51.1 Å². The summed E-state index contributed by atoms with van der Waals surface area (Å²) in [4.78, 5) is 0. The van der Waals surface area contributed by atoms with Crippen LogP contribution in [0.15, 0.2) is 30.3 Å². The Kier molecular flexibility index (Phi) is 6.92. The Morgan fingerprint density at radius 3 is 2.47 bits per heavy atom. The van der Waals surface area contributed by atoms with Gasteiger partial charge >= 0.3 is 37.9 Å². The normalized spacial score (nSPS) is 10.2. The van der Waals surface area contributed by atoms with Crippen molar-refractivity contribution in [2.75, 3.05) is 0 Å². The summed E-state index contributed by atoms with van der Waals surface area (Å²) in [5, 5.41) is 2.76. The van der Waals surface area contributed by atoms with E-state index in [4.69, 9.17) is 17.0 Å². The van der Waals surface area contributed by atoms with Gasteiger partial charge in [0.1, 0.15) is 0 Å². The molecule has 0 aliphatic carbocycles. The van der Waals surface area contributed by atoms with Gasteiger partial charge in [-0.3, -0.25) is 0 Å². The van der Waals surface area contributed by atoms with Crippen LogP contribution in [0.2, 0.25) is 0 Å². The van der Waals surface area contributed by atoms with Crippen molar-refractivity contribution in [3.63, 3.8) is 0 Å². The number of aryl methyl sites for hydroxylation is 1. The molecule has 0 N–H and O–H groups in total. The van der Waals surface area contributed by atoms with Crippen LogP contribution in [0.3, 0.4) is 0 Å². The predicted octanol–water partition coefficient (Wildman–Crippen LogP) is 5.44. The first-order chi connectivity index (χ1) is 8.06. The number of benzene rings is 1. The molecule has 92 valence electrons. The van der Waals surface area contributed by atoms with Gasteiger partial charge in [0.15, 0.2) is 0 Å². The fraction of sp³-hybridized carbons (Fsp3) is 0.357. The van der Waals surface area contributed by atoms with Gasteiger partial charge in [-0.15, -0.1) is 40.6 Å². The van der Waals surface area contributed by atoms with E-state index < -0.39 is 20.8 Å². The molecule has 2 aromatic rings. The first-order valence-corrected chi connectivity index (χ1v) is 12.0. The molecule has 0 nitrogen and oxygen atoms in total. The molecule has 0 heterocycles. The molecule has 17 heavy (non-hydrogen) atoms. The van der Waals surface area contributed by atoms with Crippen LogP contribution in [-0.2, 0) is 27.3 Å². The van der Waals surface area contributed by atoms with Gasteiger partial charge in [0, 0.05) is 0 Å². The topological polar surface area (TPSA) is 0 Å². The standard InChI is InChI=1S/C14H17.2ClH.Zr/c1-10(2)6-12-4-5-13-7-11(3)8-14(13)9-12;;;/h4-5,7-10H,6H2,1-3H3;2*1H;/q-1;;;+2/p-2. The van der Waals surface area contributed by atoms with Crippen molar-refractivity contribution in [3.05, 3.63) is 41.5 Å². The Morgan fingerprint density at radius 1 is 1.24 bits per heavy atom. The van der Waals surface area contributed by atoms with Crippen molar-refractivity contribution in [3.8, 4) is 0 Å². The fourth-order valence-corrected chi connectivity index (χ4v) is 2.01. The van der Waals surface area contributed by atoms with Crippen LogP contribution in [0, 0.1) is 12.8 Å². The molecule has 0 atom stereocenters. The summed E-state index contributed by atoms with van der Waals surface area (Å²) in [6, 6.07) is 11.3. The predicted molar refractivity (Wildman–Crippen MR) is 74.5 cm³/mol. The molecule has 0 aliphatic heterocycles. The summed E-state index contributed by atoms with van der Waals surface area (Å²) in [5.74, 6) is 0.739. The van der Waals surface area contributed by atoms with Crippen LogP contribution in [0.1, 0.15) is 25.0 Å². The molecule has 0 aromatic heterocycles. The van der Waals surface area contributed by atoms with E-state index in [0.29, 0.717) is 0 Å². The molecule has 0 radical (unpaired) electrons. The van der Waals surface area contributed by atoms with Crippen LogP contribution in [-0.4, -0.2) is 0 Å². The summed E-state index contributed by atoms with van der Waals surface area (Å²) in [7, 11) is 9.87. The van der Waals surface area contributed by atoms with Crippen molar-refractivity contribution >= 4 is 27.8 Å². The third-order valence-corrected chi connectivity index (χ3v) is 2.56. The Balaban J connectivity index is 0.000000437. The van der Waals surface area contributed by atoms with E-state index in [1.165, 1.54) is 28.3 Å². The van der Waals surface area contributed by atoms with Gasteiger partial charge in [-0.05, 0) is 12.3 Å². The first-order valence-electron chi connectivity index (χ1n) is 5.69. The number of hydrogen-bond acceptors (Lipinski definition) is 0. The molecule has 0 saturated heterocycles. The van der Waals surface area contributed by atoms with E-state index >= 15 is 0 Å². The third-order valence-electron chi connectivity index (χ3n) is 2.56. The van der Waals surface area contributed by atoms with E-state index in [9.17, 15) is 0 Å². The minimum atomic E-state index is -0.826. The van der Waals surface area contributed by atoms with Crippen LogP contribution in [0.5, 0.6) is 0 Å². The van der Waals surface area contributed by atoms with Gasteiger partial charge < -0.3 is 0 Å². The number of hydrogen-bond donors (Lipinski definition) is 0. The fourth-order valence-electron chi connectivity index (χ4n) is 2.01. The van der Waals surface area contributed by atoms with Crippen LogP contribution >= 0.6 is 17.0 Å². The first kappa shape index (κ1) is 15.4. The third kappa shape index (κ3) is 5.20. The summed E-state index contributed by atoms with van der Waals surface area (Å²) < 4.78 is 0. The zero-order valence-corrected chi connectivity index (χ0v) is 14.4. The van der Waals surface area contributed by atoms with E-state index in [1.54, 1.807) is 0 Å². The van der Waals surface area contributed by atoms with Gasteiger partial charge in [0.2, 0.25) is 0 Å². The van der Waals surface area contributed by atoms with Crippen LogP contribution in [0.4, 0.5) is 0 Å². The average Bonchev–Trinajstić information content (AvgIpc) is 2.57. The summed E-state index contributed by atoms with van der Waals surface area (Å²) in [5.41, 5.74) is 2.82. The van der Waals surface area contributed by atoms with Crippen LogP contribution in [0.25, 0.3) is 10.8 Å². The van der Waals surface area contributed by atoms with Gasteiger partial charge in [0.25, 0.3) is 0 Å². The molecular formula is C14H17Cl2Zr-. The van der Waals surface area contributed by atoms with E-state index in [1.807, 2.05) is 0 Å². The average molecular weight is 347 g/mol. The summed E-state index contributed by atoms with van der Waals surface area (Å²) in [6.45, 7) is 6.68. The maximum absolute atomic E-state index is 4.93. The van der Waals surface area contributed by atoms with Crippen molar-refractivity contribution < 1.29 is 20.8 Å². The number of rotatable bonds is 2. The van der Waals surface area contributed by atoms with E-state index in [0.717, 1.165) is 5.92 Å². The molecule has 0 amide bonds. The second-order valence-corrected chi connectivity index (χ2v) is 8.40. The summed E-state index contributed by atoms with van der Waals surface area (Å²) in [6.07, 6.45) is 1.18. The zero-order chi connectivity index (χ0) is 12.8. The van der Waals surface area contributed by atoms with Gasteiger partial charge in [0.05, 0.1) is 0 Å². The Labute approximate surface area is 122 Å². The molecule has 0 bridgehead atoms. The maximum atomic E-state index is 4.93. The second kappa shape index (κ2) is 7.67. The number of fused-ring (bicyclic) bond motifs is 1.